The number of nitrogens with zero attached hydrogens (tertiary/aromatic N) is 1. The van der Waals surface area contributed by atoms with Gasteiger partial charge in [-0.3, -0.25) is 0 Å². The second-order valence-corrected chi connectivity index (χ2v) is 5.16. The Bertz CT molecular complexity index is 164. The maximum atomic E-state index is 3.66. The molecule has 0 amide bonds. The number of nitrogens with one attached hydrogen (secondary N) is 1. The zero-order valence-electron chi connectivity index (χ0n) is 11.5. The van der Waals surface area contributed by atoms with E-state index >= 15 is 0 Å². The van der Waals surface area contributed by atoms with E-state index in [1.54, 1.807) is 0 Å². The summed E-state index contributed by atoms with van der Waals surface area (Å²) in [6.07, 6.45) is 6.83. The molecule has 1 aliphatic rings. The van der Waals surface area contributed by atoms with Crippen molar-refractivity contribution in [1.29, 1.82) is 0 Å². The van der Waals surface area contributed by atoms with Crippen molar-refractivity contribution in [3.63, 3.8) is 0 Å². The van der Waals surface area contributed by atoms with Gasteiger partial charge < -0.3 is 10.2 Å². The van der Waals surface area contributed by atoms with Crippen molar-refractivity contribution < 1.29 is 0 Å². The monoisotopic (exact) mass is 226 g/mol. The van der Waals surface area contributed by atoms with Crippen molar-refractivity contribution in [3.05, 3.63) is 0 Å². The largest absolute Gasteiger partial charge is 0.314 e. The van der Waals surface area contributed by atoms with Crippen molar-refractivity contribution >= 4 is 0 Å². The molecule has 0 heterocycles. The standard InChI is InChI=1S/C14H30N2/c1-4-10-16(11-5-2)12-13-8-7-9-14(13)15-6-3/h13-15H,4-12H2,1-3H3. The predicted octanol–water partition coefficient (Wildman–Crippen LogP) is 2.89. The Balaban J connectivity index is 2.36. The van der Waals surface area contributed by atoms with Crippen LogP contribution in [0.3, 0.4) is 0 Å². The molecule has 0 spiro atoms. The van der Waals surface area contributed by atoms with Gasteiger partial charge in [0.2, 0.25) is 0 Å². The molecule has 1 rings (SSSR count). The summed E-state index contributed by atoms with van der Waals surface area (Å²) >= 11 is 0. The molecule has 0 aromatic heterocycles. The molecule has 0 aromatic carbocycles. The second kappa shape index (κ2) is 8.08. The highest BCUT2D eigenvalue weighted by Gasteiger charge is 2.27. The molecule has 0 radical (unpaired) electrons. The van der Waals surface area contributed by atoms with Crippen LogP contribution in [0, 0.1) is 5.92 Å². The summed E-state index contributed by atoms with van der Waals surface area (Å²) in [5.74, 6) is 0.901. The molecular formula is C14H30N2. The Hall–Kier alpha value is -0.0800. The van der Waals surface area contributed by atoms with Crippen LogP contribution in [0.4, 0.5) is 0 Å². The van der Waals surface area contributed by atoms with Crippen LogP contribution >= 0.6 is 0 Å². The highest BCUT2D eigenvalue weighted by Crippen LogP contribution is 2.26. The van der Waals surface area contributed by atoms with Crippen LogP contribution in [0.1, 0.15) is 52.9 Å². The first-order valence-electron chi connectivity index (χ1n) is 7.27. The van der Waals surface area contributed by atoms with Crippen molar-refractivity contribution in [2.45, 2.75) is 58.9 Å². The molecule has 0 aromatic rings. The van der Waals surface area contributed by atoms with Crippen LogP contribution < -0.4 is 5.32 Å². The van der Waals surface area contributed by atoms with Crippen LogP contribution in [-0.2, 0) is 0 Å². The van der Waals surface area contributed by atoms with Gasteiger partial charge in [0, 0.05) is 12.6 Å². The SMILES string of the molecule is CCCN(CCC)CC1CCCC1NCC. The minimum Gasteiger partial charge on any atom is -0.314 e. The summed E-state index contributed by atoms with van der Waals surface area (Å²) in [4.78, 5) is 2.67. The van der Waals surface area contributed by atoms with Crippen molar-refractivity contribution in [3.8, 4) is 0 Å². The average molecular weight is 226 g/mol. The molecule has 2 nitrogen and oxygen atoms in total. The van der Waals surface area contributed by atoms with E-state index in [2.05, 4.69) is 31.0 Å². The Labute approximate surface area is 102 Å². The molecule has 16 heavy (non-hydrogen) atoms. The molecule has 0 bridgehead atoms. The first-order valence-corrected chi connectivity index (χ1v) is 7.27. The summed E-state index contributed by atoms with van der Waals surface area (Å²) < 4.78 is 0. The Morgan fingerprint density at radius 1 is 1.06 bits per heavy atom. The summed E-state index contributed by atoms with van der Waals surface area (Å²) in [6, 6.07) is 0.793. The van der Waals surface area contributed by atoms with E-state index in [9.17, 15) is 0 Å². The quantitative estimate of drug-likeness (QED) is 0.684. The fourth-order valence-electron chi connectivity index (χ4n) is 3.04. The lowest BCUT2D eigenvalue weighted by Crippen LogP contribution is -2.39. The second-order valence-electron chi connectivity index (χ2n) is 5.16. The summed E-state index contributed by atoms with van der Waals surface area (Å²) in [5, 5.41) is 3.66. The maximum Gasteiger partial charge on any atom is 0.0107 e. The van der Waals surface area contributed by atoms with E-state index in [0.29, 0.717) is 0 Å². The van der Waals surface area contributed by atoms with E-state index < -0.39 is 0 Å². The molecule has 1 aliphatic carbocycles. The maximum absolute atomic E-state index is 3.66. The number of rotatable bonds is 8. The van der Waals surface area contributed by atoms with Gasteiger partial charge in [0.05, 0.1) is 0 Å². The third kappa shape index (κ3) is 4.42. The molecule has 0 saturated heterocycles. The van der Waals surface area contributed by atoms with E-state index in [1.807, 2.05) is 0 Å². The summed E-state index contributed by atoms with van der Waals surface area (Å²) in [6.45, 7) is 11.8. The van der Waals surface area contributed by atoms with E-state index in [-0.39, 0.29) is 0 Å². The van der Waals surface area contributed by atoms with Gasteiger partial charge in [0.1, 0.15) is 0 Å². The molecule has 0 aliphatic heterocycles. The lowest BCUT2D eigenvalue weighted by atomic mass is 10.0. The minimum atomic E-state index is 0.793. The predicted molar refractivity (Wildman–Crippen MR) is 71.8 cm³/mol. The fourth-order valence-corrected chi connectivity index (χ4v) is 3.04. The van der Waals surface area contributed by atoms with Gasteiger partial charge in [-0.05, 0) is 51.2 Å². The average Bonchev–Trinajstić information content (AvgIpc) is 2.67. The molecular weight excluding hydrogens is 196 g/mol. The van der Waals surface area contributed by atoms with Gasteiger partial charge in [0.15, 0.2) is 0 Å². The molecule has 1 saturated carbocycles. The number of hydrogen-bond acceptors (Lipinski definition) is 2. The highest BCUT2D eigenvalue weighted by molar-refractivity contribution is 4.84. The van der Waals surface area contributed by atoms with Crippen LogP contribution in [0.5, 0.6) is 0 Å². The lowest BCUT2D eigenvalue weighted by Gasteiger charge is -2.28. The molecule has 2 unspecified atom stereocenters. The number of hydrogen-bond donors (Lipinski definition) is 1. The van der Waals surface area contributed by atoms with Gasteiger partial charge in [0.25, 0.3) is 0 Å². The lowest BCUT2D eigenvalue weighted by molar-refractivity contribution is 0.214. The molecule has 96 valence electrons. The molecule has 2 atom stereocenters. The van der Waals surface area contributed by atoms with E-state index in [1.165, 1.54) is 51.7 Å². The highest BCUT2D eigenvalue weighted by atomic mass is 15.1. The van der Waals surface area contributed by atoms with Crippen molar-refractivity contribution in [2.24, 2.45) is 5.92 Å². The van der Waals surface area contributed by atoms with Crippen LogP contribution in [0.2, 0.25) is 0 Å². The smallest absolute Gasteiger partial charge is 0.0107 e. The fraction of sp³-hybridized carbons (Fsp3) is 1.00. The van der Waals surface area contributed by atoms with Crippen molar-refractivity contribution in [1.82, 2.24) is 10.2 Å². The summed E-state index contributed by atoms with van der Waals surface area (Å²) in [7, 11) is 0. The molecule has 1 N–H and O–H groups in total. The van der Waals surface area contributed by atoms with Crippen LogP contribution in [0.15, 0.2) is 0 Å². The molecule has 1 fully saturated rings. The van der Waals surface area contributed by atoms with Crippen LogP contribution in [-0.4, -0.2) is 37.1 Å². The Kier molecular flexibility index (Phi) is 7.06. The third-order valence-electron chi connectivity index (χ3n) is 3.70. The van der Waals surface area contributed by atoms with Crippen molar-refractivity contribution in [2.75, 3.05) is 26.2 Å². The minimum absolute atomic E-state index is 0.793. The molecule has 2 heteroatoms. The van der Waals surface area contributed by atoms with Gasteiger partial charge in [-0.2, -0.15) is 0 Å². The van der Waals surface area contributed by atoms with E-state index in [4.69, 9.17) is 0 Å². The first kappa shape index (κ1) is 14.0. The Morgan fingerprint density at radius 2 is 1.75 bits per heavy atom. The van der Waals surface area contributed by atoms with Gasteiger partial charge >= 0.3 is 0 Å². The van der Waals surface area contributed by atoms with Gasteiger partial charge in [-0.1, -0.05) is 27.2 Å². The summed E-state index contributed by atoms with van der Waals surface area (Å²) in [5.41, 5.74) is 0. The van der Waals surface area contributed by atoms with Crippen LogP contribution in [0.25, 0.3) is 0 Å². The zero-order valence-corrected chi connectivity index (χ0v) is 11.5. The zero-order chi connectivity index (χ0) is 11.8. The van der Waals surface area contributed by atoms with Gasteiger partial charge in [-0.25, -0.2) is 0 Å². The topological polar surface area (TPSA) is 15.3 Å². The first-order chi connectivity index (χ1) is 7.81. The van der Waals surface area contributed by atoms with E-state index in [0.717, 1.165) is 18.5 Å². The third-order valence-corrected chi connectivity index (χ3v) is 3.70. The Morgan fingerprint density at radius 3 is 2.31 bits per heavy atom. The van der Waals surface area contributed by atoms with Gasteiger partial charge in [-0.15, -0.1) is 0 Å². The normalized spacial score (nSPS) is 25.5.